The van der Waals surface area contributed by atoms with Crippen molar-refractivity contribution in [3.05, 3.63) is 95.6 Å². The molecule has 0 amide bonds. The van der Waals surface area contributed by atoms with Gasteiger partial charge in [0.25, 0.3) is 0 Å². The molecule has 1 atom stereocenters. The second kappa shape index (κ2) is 10.2. The van der Waals surface area contributed by atoms with Crippen LogP contribution in [0.15, 0.2) is 83.8 Å². The molecule has 0 aromatic heterocycles. The van der Waals surface area contributed by atoms with E-state index in [0.717, 1.165) is 29.7 Å². The van der Waals surface area contributed by atoms with E-state index in [1.807, 2.05) is 30.3 Å². The van der Waals surface area contributed by atoms with Crippen molar-refractivity contribution in [3.63, 3.8) is 0 Å². The van der Waals surface area contributed by atoms with Crippen LogP contribution in [0.25, 0.3) is 0 Å². The Hall–Kier alpha value is -3.20. The number of fused-ring (bicyclic) bond motifs is 1. The number of hydrogen-bond donors (Lipinski definition) is 2. The molecule has 1 aliphatic rings. The van der Waals surface area contributed by atoms with Crippen LogP contribution in [0.2, 0.25) is 0 Å². The van der Waals surface area contributed by atoms with Crippen molar-refractivity contribution in [1.82, 2.24) is 9.62 Å². The molecular formula is C25H26N2O5S. The van der Waals surface area contributed by atoms with Gasteiger partial charge in [-0.15, -0.1) is 0 Å². The average molecular weight is 467 g/mol. The van der Waals surface area contributed by atoms with Gasteiger partial charge in [0.15, 0.2) is 6.61 Å². The van der Waals surface area contributed by atoms with E-state index in [-0.39, 0.29) is 17.5 Å². The fourth-order valence-corrected chi connectivity index (χ4v) is 5.15. The topological polar surface area (TPSA) is 95.9 Å². The molecule has 0 radical (unpaired) electrons. The van der Waals surface area contributed by atoms with Crippen LogP contribution in [0.4, 0.5) is 0 Å². The molecule has 0 saturated heterocycles. The molecule has 3 aromatic carbocycles. The lowest BCUT2D eigenvalue weighted by Gasteiger charge is -2.37. The Bertz CT molecular complexity index is 1200. The van der Waals surface area contributed by atoms with Gasteiger partial charge in [-0.2, -0.15) is 0 Å². The number of carboxylic acid groups (broad SMARTS) is 1. The zero-order chi connectivity index (χ0) is 23.3. The lowest BCUT2D eigenvalue weighted by atomic mass is 9.92. The molecule has 172 valence electrons. The van der Waals surface area contributed by atoms with Crippen LogP contribution >= 0.6 is 0 Å². The van der Waals surface area contributed by atoms with Gasteiger partial charge < -0.3 is 9.84 Å². The van der Waals surface area contributed by atoms with Gasteiger partial charge in [0.05, 0.1) is 4.90 Å². The van der Waals surface area contributed by atoms with E-state index in [2.05, 4.69) is 21.8 Å². The molecule has 7 nitrogen and oxygen atoms in total. The van der Waals surface area contributed by atoms with Crippen LogP contribution in [0.1, 0.15) is 22.7 Å². The molecule has 33 heavy (non-hydrogen) atoms. The number of carbonyl (C=O) groups is 1. The lowest BCUT2D eigenvalue weighted by Crippen LogP contribution is -2.41. The van der Waals surface area contributed by atoms with Crippen LogP contribution in [0.3, 0.4) is 0 Å². The Morgan fingerprint density at radius 1 is 1.03 bits per heavy atom. The van der Waals surface area contributed by atoms with E-state index in [1.165, 1.54) is 0 Å². The molecule has 0 aliphatic carbocycles. The average Bonchev–Trinajstić information content (AvgIpc) is 2.83. The molecule has 4 rings (SSSR count). The van der Waals surface area contributed by atoms with E-state index in [0.29, 0.717) is 12.3 Å². The maximum atomic E-state index is 12.8. The van der Waals surface area contributed by atoms with E-state index >= 15 is 0 Å². The number of nitrogens with zero attached hydrogens (tertiary/aromatic N) is 1. The maximum Gasteiger partial charge on any atom is 0.341 e. The molecule has 0 fully saturated rings. The number of sulfonamides is 1. The molecule has 0 bridgehead atoms. The fourth-order valence-electron chi connectivity index (χ4n) is 4.09. The summed E-state index contributed by atoms with van der Waals surface area (Å²) in [5.74, 6) is -0.536. The normalized spacial score (nSPS) is 16.2. The van der Waals surface area contributed by atoms with Crippen molar-refractivity contribution in [1.29, 1.82) is 0 Å². The van der Waals surface area contributed by atoms with Crippen LogP contribution in [0.5, 0.6) is 5.75 Å². The quantitative estimate of drug-likeness (QED) is 0.503. The minimum atomic E-state index is -3.65. The number of hydrogen-bond acceptors (Lipinski definition) is 5. The predicted octanol–water partition coefficient (Wildman–Crippen LogP) is 3.23. The smallest absolute Gasteiger partial charge is 0.341 e. The molecule has 1 heterocycles. The number of carboxylic acids is 1. The SMILES string of the molecule is O=C(O)COc1ccc2c(c1)CCN(Cc1ccccc1)C2CNS(=O)(=O)c1ccccc1. The third-order valence-electron chi connectivity index (χ3n) is 5.69. The first-order chi connectivity index (χ1) is 15.9. The van der Waals surface area contributed by atoms with Gasteiger partial charge in [-0.1, -0.05) is 54.6 Å². The number of nitrogens with one attached hydrogen (secondary N) is 1. The minimum absolute atomic E-state index is 0.180. The summed E-state index contributed by atoms with van der Waals surface area (Å²) in [7, 11) is -3.65. The van der Waals surface area contributed by atoms with Crippen molar-refractivity contribution in [2.45, 2.75) is 23.9 Å². The summed E-state index contributed by atoms with van der Waals surface area (Å²) < 4.78 is 33.8. The standard InChI is InChI=1S/C25H26N2O5S/c28-25(29)18-32-21-11-12-23-20(15-21)13-14-27(17-19-7-3-1-4-8-19)24(23)16-26-33(30,31)22-9-5-2-6-10-22/h1-12,15,24,26H,13-14,16-18H2,(H,28,29). The van der Waals surface area contributed by atoms with Gasteiger partial charge in [0.2, 0.25) is 10.0 Å². The van der Waals surface area contributed by atoms with Crippen molar-refractivity contribution >= 4 is 16.0 Å². The van der Waals surface area contributed by atoms with Crippen molar-refractivity contribution < 1.29 is 23.1 Å². The minimum Gasteiger partial charge on any atom is -0.482 e. The van der Waals surface area contributed by atoms with E-state index < -0.39 is 22.6 Å². The van der Waals surface area contributed by atoms with E-state index in [4.69, 9.17) is 9.84 Å². The highest BCUT2D eigenvalue weighted by Crippen LogP contribution is 2.33. The summed E-state index contributed by atoms with van der Waals surface area (Å²) in [6, 6.07) is 23.7. The summed E-state index contributed by atoms with van der Waals surface area (Å²) >= 11 is 0. The number of ether oxygens (including phenoxy) is 1. The monoisotopic (exact) mass is 466 g/mol. The van der Waals surface area contributed by atoms with Gasteiger partial charge in [-0.3, -0.25) is 4.90 Å². The van der Waals surface area contributed by atoms with Gasteiger partial charge in [-0.25, -0.2) is 17.9 Å². The maximum absolute atomic E-state index is 12.8. The van der Waals surface area contributed by atoms with Gasteiger partial charge in [0, 0.05) is 25.7 Å². The molecule has 2 N–H and O–H groups in total. The predicted molar refractivity (Wildman–Crippen MR) is 125 cm³/mol. The Labute approximate surface area is 193 Å². The van der Waals surface area contributed by atoms with Gasteiger partial charge in [-0.05, 0) is 47.4 Å². The number of rotatable bonds is 9. The molecule has 0 saturated carbocycles. The molecular weight excluding hydrogens is 440 g/mol. The van der Waals surface area contributed by atoms with Crippen molar-refractivity contribution in [3.8, 4) is 5.75 Å². The third-order valence-corrected chi connectivity index (χ3v) is 7.13. The van der Waals surface area contributed by atoms with Crippen LogP contribution in [-0.2, 0) is 27.8 Å². The zero-order valence-corrected chi connectivity index (χ0v) is 18.9. The summed E-state index contributed by atoms with van der Waals surface area (Å²) in [6.45, 7) is 1.24. The van der Waals surface area contributed by atoms with E-state index in [1.54, 1.807) is 36.4 Å². The lowest BCUT2D eigenvalue weighted by molar-refractivity contribution is -0.139. The fraction of sp³-hybridized carbons (Fsp3) is 0.240. The van der Waals surface area contributed by atoms with Crippen molar-refractivity contribution in [2.75, 3.05) is 19.7 Å². The molecule has 3 aromatic rings. The van der Waals surface area contributed by atoms with Crippen molar-refractivity contribution in [2.24, 2.45) is 0 Å². The largest absolute Gasteiger partial charge is 0.482 e. The van der Waals surface area contributed by atoms with Gasteiger partial charge >= 0.3 is 5.97 Å². The number of aliphatic carboxylic acids is 1. The summed E-state index contributed by atoms with van der Waals surface area (Å²) in [6.07, 6.45) is 0.758. The highest BCUT2D eigenvalue weighted by atomic mass is 32.2. The number of benzene rings is 3. The highest BCUT2D eigenvalue weighted by molar-refractivity contribution is 7.89. The van der Waals surface area contributed by atoms with Crippen LogP contribution in [0, 0.1) is 0 Å². The second-order valence-corrected chi connectivity index (χ2v) is 9.70. The molecule has 8 heteroatoms. The van der Waals surface area contributed by atoms with E-state index in [9.17, 15) is 13.2 Å². The Morgan fingerprint density at radius 3 is 2.42 bits per heavy atom. The molecule has 0 spiro atoms. The van der Waals surface area contributed by atoms with Crippen LogP contribution in [-0.4, -0.2) is 44.1 Å². The molecule has 1 aliphatic heterocycles. The highest BCUT2D eigenvalue weighted by Gasteiger charge is 2.29. The molecule has 1 unspecified atom stereocenters. The Kier molecular flexibility index (Phi) is 7.08. The first kappa shape index (κ1) is 23.0. The van der Waals surface area contributed by atoms with Gasteiger partial charge in [0.1, 0.15) is 5.75 Å². The first-order valence-electron chi connectivity index (χ1n) is 10.7. The summed E-state index contributed by atoms with van der Waals surface area (Å²) in [5, 5.41) is 8.87. The van der Waals surface area contributed by atoms with Crippen LogP contribution < -0.4 is 9.46 Å². The third kappa shape index (κ3) is 5.78. The first-order valence-corrected chi connectivity index (χ1v) is 12.2. The Morgan fingerprint density at radius 2 is 1.73 bits per heavy atom. The Balaban J connectivity index is 1.59. The second-order valence-electron chi connectivity index (χ2n) is 7.93. The summed E-state index contributed by atoms with van der Waals surface area (Å²) in [4.78, 5) is 13.3. The summed E-state index contributed by atoms with van der Waals surface area (Å²) in [5.41, 5.74) is 3.19. The zero-order valence-electron chi connectivity index (χ0n) is 18.1.